The maximum atomic E-state index is 12.8. The maximum Gasteiger partial charge on any atom is 0.290 e. The Bertz CT molecular complexity index is 769. The van der Waals surface area contributed by atoms with E-state index < -0.39 is 12.1 Å². The Morgan fingerprint density at radius 2 is 2.11 bits per heavy atom. The number of carboxylic acid groups (broad SMARTS) is 1. The monoisotopic (exact) mass is 394 g/mol. The van der Waals surface area contributed by atoms with Gasteiger partial charge in [-0.15, -0.1) is 0 Å². The maximum absolute atomic E-state index is 12.8. The van der Waals surface area contributed by atoms with Gasteiger partial charge in [-0.05, 0) is 17.7 Å². The fourth-order valence-corrected chi connectivity index (χ4v) is 3.00. The largest absolute Gasteiger partial charge is 0.493 e. The number of hydrogen-bond acceptors (Lipinski definition) is 8. The molecule has 0 saturated carbocycles. The third-order valence-electron chi connectivity index (χ3n) is 4.18. The Kier molecular flexibility index (Phi) is 7.72. The highest BCUT2D eigenvalue weighted by Gasteiger charge is 2.37. The zero-order valence-corrected chi connectivity index (χ0v) is 15.4. The summed E-state index contributed by atoms with van der Waals surface area (Å²) in [5.74, 6) is 0.837. The normalized spacial score (nSPS) is 18.6. The van der Waals surface area contributed by atoms with Crippen LogP contribution in [0.1, 0.15) is 22.1 Å². The van der Waals surface area contributed by atoms with E-state index >= 15 is 0 Å². The average Bonchev–Trinajstić information content (AvgIpc) is 3.27. The van der Waals surface area contributed by atoms with Gasteiger partial charge in [-0.1, -0.05) is 6.07 Å². The number of nitrogens with one attached hydrogen (secondary N) is 1. The van der Waals surface area contributed by atoms with Crippen LogP contribution in [0.4, 0.5) is 0 Å². The molecular weight excluding hydrogens is 372 g/mol. The smallest absolute Gasteiger partial charge is 0.290 e. The van der Waals surface area contributed by atoms with Gasteiger partial charge in [-0.3, -0.25) is 9.59 Å². The molecule has 152 valence electrons. The predicted molar refractivity (Wildman–Crippen MR) is 95.2 cm³/mol. The summed E-state index contributed by atoms with van der Waals surface area (Å²) in [5, 5.41) is 26.6. The van der Waals surface area contributed by atoms with Gasteiger partial charge >= 0.3 is 0 Å². The van der Waals surface area contributed by atoms with Crippen LogP contribution in [0.25, 0.3) is 0 Å². The number of aromatic amines is 1. The number of aromatic nitrogens is 3. The van der Waals surface area contributed by atoms with Crippen LogP contribution in [0.5, 0.6) is 11.5 Å². The van der Waals surface area contributed by atoms with Crippen LogP contribution in [-0.2, 0) is 9.53 Å². The molecule has 2 atom stereocenters. The van der Waals surface area contributed by atoms with Crippen LogP contribution in [0.15, 0.2) is 24.4 Å². The second-order valence-corrected chi connectivity index (χ2v) is 5.61. The molecule has 0 radical (unpaired) electrons. The van der Waals surface area contributed by atoms with Crippen LogP contribution in [0.3, 0.4) is 0 Å². The first-order chi connectivity index (χ1) is 13.6. The molecule has 1 aliphatic rings. The van der Waals surface area contributed by atoms with Crippen molar-refractivity contribution in [3.63, 3.8) is 0 Å². The molecule has 0 spiro atoms. The molecule has 1 amide bonds. The molecule has 1 aromatic carbocycles. The van der Waals surface area contributed by atoms with E-state index in [1.807, 2.05) is 6.07 Å². The van der Waals surface area contributed by atoms with Crippen molar-refractivity contribution >= 4 is 12.4 Å². The lowest BCUT2D eigenvalue weighted by Gasteiger charge is -2.40. The summed E-state index contributed by atoms with van der Waals surface area (Å²) in [6, 6.07) is 4.88. The van der Waals surface area contributed by atoms with Gasteiger partial charge in [0.05, 0.1) is 39.7 Å². The Hall–Kier alpha value is -3.18. The molecule has 0 unspecified atom stereocenters. The lowest BCUT2D eigenvalue weighted by atomic mass is 9.97. The number of morpholine rings is 1. The van der Waals surface area contributed by atoms with Gasteiger partial charge in [0.25, 0.3) is 12.4 Å². The zero-order valence-electron chi connectivity index (χ0n) is 15.4. The Labute approximate surface area is 160 Å². The van der Waals surface area contributed by atoms with Crippen molar-refractivity contribution in [2.24, 2.45) is 0 Å². The minimum Gasteiger partial charge on any atom is -0.493 e. The molecule has 1 fully saturated rings. The molecule has 11 heteroatoms. The summed E-state index contributed by atoms with van der Waals surface area (Å²) < 4.78 is 16.3. The van der Waals surface area contributed by atoms with Gasteiger partial charge in [-0.25, -0.2) is 0 Å². The van der Waals surface area contributed by atoms with Crippen molar-refractivity contribution in [1.29, 1.82) is 0 Å². The molecular formula is C17H22N4O7. The number of amides is 1. The number of rotatable bonds is 5. The number of methoxy groups -OCH3 is 2. The van der Waals surface area contributed by atoms with E-state index in [2.05, 4.69) is 15.4 Å². The van der Waals surface area contributed by atoms with Crippen molar-refractivity contribution in [3.8, 4) is 11.5 Å². The molecule has 2 heterocycles. The summed E-state index contributed by atoms with van der Waals surface area (Å²) in [6.07, 6.45) is 0.819. The van der Waals surface area contributed by atoms with E-state index in [1.165, 1.54) is 6.20 Å². The molecule has 28 heavy (non-hydrogen) atoms. The minimum atomic E-state index is -0.553. The second kappa shape index (κ2) is 10.2. The van der Waals surface area contributed by atoms with Crippen molar-refractivity contribution in [3.05, 3.63) is 35.7 Å². The highest BCUT2D eigenvalue weighted by atomic mass is 16.5. The van der Waals surface area contributed by atoms with Gasteiger partial charge in [0.2, 0.25) is 0 Å². The number of hydrogen-bond donors (Lipinski definition) is 3. The minimum absolute atomic E-state index is 0.212. The van der Waals surface area contributed by atoms with E-state index in [4.69, 9.17) is 24.1 Å². The Morgan fingerprint density at radius 1 is 1.39 bits per heavy atom. The van der Waals surface area contributed by atoms with Gasteiger partial charge in [0.1, 0.15) is 6.10 Å². The Morgan fingerprint density at radius 3 is 2.68 bits per heavy atom. The van der Waals surface area contributed by atoms with E-state index in [0.29, 0.717) is 24.7 Å². The molecule has 2 aromatic rings. The van der Waals surface area contributed by atoms with Crippen LogP contribution in [-0.4, -0.2) is 83.0 Å². The highest BCUT2D eigenvalue weighted by molar-refractivity contribution is 5.92. The third kappa shape index (κ3) is 4.56. The quantitative estimate of drug-likeness (QED) is 0.600. The fraction of sp³-hybridized carbons (Fsp3) is 0.412. The van der Waals surface area contributed by atoms with Crippen molar-refractivity contribution in [2.75, 3.05) is 34.0 Å². The van der Waals surface area contributed by atoms with Crippen molar-refractivity contribution in [1.82, 2.24) is 20.3 Å². The molecule has 1 aliphatic heterocycles. The SMILES string of the molecule is COc1ccc([C@H]2[C@H](CO)OCCN2C(=O)c2cn[nH]n2)cc1OC.O=CO. The van der Waals surface area contributed by atoms with E-state index in [-0.39, 0.29) is 24.7 Å². The average molecular weight is 394 g/mol. The number of H-pyrrole nitrogens is 1. The molecule has 3 N–H and O–H groups in total. The standard InChI is InChI=1S/C16H20N4O5.CH2O2/c1-23-12-4-3-10(7-13(12)24-2)15-14(9-21)25-6-5-20(15)16(22)11-8-17-19-18-11;2-1-3/h3-4,7-8,14-15,21H,5-6,9H2,1-2H3,(H,17,18,19);1H,(H,2,3)/t14-,15-;/m0./s1. The number of carbonyl (C=O) groups is 2. The summed E-state index contributed by atoms with van der Waals surface area (Å²) in [7, 11) is 3.10. The van der Waals surface area contributed by atoms with Crippen molar-refractivity contribution < 1.29 is 34.0 Å². The number of benzene rings is 1. The van der Waals surface area contributed by atoms with Crippen LogP contribution >= 0.6 is 0 Å². The van der Waals surface area contributed by atoms with Crippen LogP contribution < -0.4 is 9.47 Å². The van der Waals surface area contributed by atoms with Gasteiger partial charge in [-0.2, -0.15) is 15.4 Å². The van der Waals surface area contributed by atoms with Crippen molar-refractivity contribution in [2.45, 2.75) is 12.1 Å². The first kappa shape index (κ1) is 21.1. The molecule has 1 saturated heterocycles. The van der Waals surface area contributed by atoms with Crippen LogP contribution in [0.2, 0.25) is 0 Å². The lowest BCUT2D eigenvalue weighted by molar-refractivity contribution is -0.122. The number of ether oxygens (including phenoxy) is 3. The Balaban J connectivity index is 0.000000878. The summed E-state index contributed by atoms with van der Waals surface area (Å²) >= 11 is 0. The van der Waals surface area contributed by atoms with Gasteiger partial charge in [0, 0.05) is 6.54 Å². The van der Waals surface area contributed by atoms with E-state index in [9.17, 15) is 9.90 Å². The number of aliphatic hydroxyl groups is 1. The zero-order chi connectivity index (χ0) is 20.5. The molecule has 3 rings (SSSR count). The first-order valence-corrected chi connectivity index (χ1v) is 8.30. The number of carbonyl (C=O) groups excluding carboxylic acids is 1. The molecule has 1 aromatic heterocycles. The van der Waals surface area contributed by atoms with Gasteiger partial charge < -0.3 is 29.3 Å². The first-order valence-electron chi connectivity index (χ1n) is 8.30. The fourth-order valence-electron chi connectivity index (χ4n) is 3.00. The topological polar surface area (TPSA) is 147 Å². The predicted octanol–water partition coefficient (Wildman–Crippen LogP) is 0.0973. The molecule has 11 nitrogen and oxygen atoms in total. The molecule has 0 bridgehead atoms. The second-order valence-electron chi connectivity index (χ2n) is 5.61. The summed E-state index contributed by atoms with van der Waals surface area (Å²) in [5.41, 5.74) is 0.984. The van der Waals surface area contributed by atoms with Gasteiger partial charge in [0.15, 0.2) is 17.2 Å². The number of nitrogens with zero attached hydrogens (tertiary/aromatic N) is 3. The third-order valence-corrected chi connectivity index (χ3v) is 4.18. The lowest BCUT2D eigenvalue weighted by Crippen LogP contribution is -2.49. The van der Waals surface area contributed by atoms with E-state index in [0.717, 1.165) is 5.56 Å². The van der Waals surface area contributed by atoms with Crippen LogP contribution in [0, 0.1) is 0 Å². The molecule has 0 aliphatic carbocycles. The summed E-state index contributed by atoms with van der Waals surface area (Å²) in [4.78, 5) is 22.8. The van der Waals surface area contributed by atoms with E-state index in [1.54, 1.807) is 31.3 Å². The summed E-state index contributed by atoms with van der Waals surface area (Å²) in [6.45, 7) is 0.238. The number of aliphatic hydroxyl groups excluding tert-OH is 1. The highest BCUT2D eigenvalue weighted by Crippen LogP contribution is 2.36.